The van der Waals surface area contributed by atoms with Crippen LogP contribution in [0.1, 0.15) is 39.2 Å². The van der Waals surface area contributed by atoms with Crippen molar-refractivity contribution in [1.29, 1.82) is 0 Å². The van der Waals surface area contributed by atoms with E-state index in [-0.39, 0.29) is 5.69 Å². The number of unbranched alkanes of at least 4 members (excludes halogenated alkanes) is 1. The van der Waals surface area contributed by atoms with Crippen LogP contribution < -0.4 is 0 Å². The van der Waals surface area contributed by atoms with E-state index in [1.165, 1.54) is 19.1 Å². The second-order valence-corrected chi connectivity index (χ2v) is 5.31. The average Bonchev–Trinajstić information content (AvgIpc) is 2.88. The van der Waals surface area contributed by atoms with Crippen molar-refractivity contribution in [2.45, 2.75) is 40.2 Å². The molecule has 1 aromatic heterocycles. The van der Waals surface area contributed by atoms with Crippen LogP contribution in [0.5, 0.6) is 0 Å². The number of non-ortho nitro benzene ring substituents is 1. The number of nitro benzene ring substituents is 1. The number of hydrogen-bond donors (Lipinski definition) is 0. The van der Waals surface area contributed by atoms with Gasteiger partial charge in [0, 0.05) is 48.3 Å². The van der Waals surface area contributed by atoms with Crippen molar-refractivity contribution in [3.63, 3.8) is 0 Å². The molecule has 23 heavy (non-hydrogen) atoms. The Morgan fingerprint density at radius 1 is 1.39 bits per heavy atom. The first-order valence-corrected chi connectivity index (χ1v) is 7.44. The van der Waals surface area contributed by atoms with E-state index in [9.17, 15) is 14.9 Å². The number of carbonyl (C=O) groups is 1. The van der Waals surface area contributed by atoms with E-state index < -0.39 is 10.9 Å². The molecule has 0 aliphatic carbocycles. The van der Waals surface area contributed by atoms with Crippen LogP contribution in [0.15, 0.2) is 29.6 Å². The molecule has 0 atom stereocenters. The Bertz CT molecular complexity index is 777. The first-order valence-electron chi connectivity index (χ1n) is 7.44. The molecule has 0 fully saturated rings. The van der Waals surface area contributed by atoms with Gasteiger partial charge in [-0.2, -0.15) is 0 Å². The summed E-state index contributed by atoms with van der Waals surface area (Å²) in [5.41, 5.74) is 2.14. The zero-order valence-electron chi connectivity index (χ0n) is 13.4. The van der Waals surface area contributed by atoms with Gasteiger partial charge in [-0.1, -0.05) is 18.5 Å². The highest BCUT2D eigenvalue weighted by molar-refractivity contribution is 6.10. The Balaban J connectivity index is 2.56. The summed E-state index contributed by atoms with van der Waals surface area (Å²) in [6, 6.07) is 4.76. The fraction of sp³-hybridized carbons (Fsp3) is 0.375. The third-order valence-corrected chi connectivity index (χ3v) is 3.53. The largest absolute Gasteiger partial charge is 0.347 e. The Kier molecular flexibility index (Phi) is 5.10. The summed E-state index contributed by atoms with van der Waals surface area (Å²) in [6.07, 6.45) is 3.94. The van der Waals surface area contributed by atoms with Crippen molar-refractivity contribution in [3.05, 3.63) is 40.1 Å². The molecule has 1 heterocycles. The van der Waals surface area contributed by atoms with Crippen molar-refractivity contribution in [3.8, 4) is 0 Å². The van der Waals surface area contributed by atoms with Crippen molar-refractivity contribution in [1.82, 2.24) is 4.57 Å². The van der Waals surface area contributed by atoms with Gasteiger partial charge < -0.3 is 9.40 Å². The Labute approximate surface area is 133 Å². The van der Waals surface area contributed by atoms with Gasteiger partial charge in [0.25, 0.3) is 5.69 Å². The first kappa shape index (κ1) is 16.7. The molecule has 0 radical (unpaired) electrons. The highest BCUT2D eigenvalue weighted by Gasteiger charge is 2.15. The lowest BCUT2D eigenvalue weighted by molar-refractivity contribution is -0.384. The number of fused-ring (bicyclic) bond motifs is 1. The van der Waals surface area contributed by atoms with Crippen molar-refractivity contribution >= 4 is 28.3 Å². The molecular formula is C16H19N3O4. The van der Waals surface area contributed by atoms with E-state index in [1.54, 1.807) is 13.0 Å². The number of benzene rings is 1. The first-order chi connectivity index (χ1) is 10.9. The number of carbonyl (C=O) groups excluding carboxylic acids is 1. The van der Waals surface area contributed by atoms with Gasteiger partial charge in [-0.15, -0.1) is 0 Å². The van der Waals surface area contributed by atoms with Crippen LogP contribution in [0, 0.1) is 10.1 Å². The summed E-state index contributed by atoms with van der Waals surface area (Å²) in [7, 11) is 0. The second-order valence-electron chi connectivity index (χ2n) is 5.31. The quantitative estimate of drug-likeness (QED) is 0.352. The smallest absolute Gasteiger partial charge is 0.331 e. The van der Waals surface area contributed by atoms with Gasteiger partial charge in [-0.25, -0.2) is 4.79 Å². The van der Waals surface area contributed by atoms with Gasteiger partial charge in [0.05, 0.1) is 10.6 Å². The van der Waals surface area contributed by atoms with Crippen LogP contribution in [-0.4, -0.2) is 21.2 Å². The van der Waals surface area contributed by atoms with Crippen LogP contribution in [0.4, 0.5) is 5.69 Å². The molecule has 2 rings (SSSR count). The van der Waals surface area contributed by atoms with Gasteiger partial charge >= 0.3 is 5.97 Å². The average molecular weight is 317 g/mol. The molecule has 0 aliphatic heterocycles. The normalized spacial score (nSPS) is 11.7. The number of nitro groups is 1. The summed E-state index contributed by atoms with van der Waals surface area (Å²) in [5.74, 6) is -0.509. The Morgan fingerprint density at radius 3 is 2.74 bits per heavy atom. The van der Waals surface area contributed by atoms with Gasteiger partial charge in [-0.05, 0) is 19.4 Å². The number of hydrogen-bond acceptors (Lipinski definition) is 5. The molecule has 0 N–H and O–H groups in total. The number of aromatic nitrogens is 1. The predicted molar refractivity (Wildman–Crippen MR) is 87.5 cm³/mol. The number of oxime groups is 1. The second kappa shape index (κ2) is 7.04. The molecule has 0 saturated carbocycles. The summed E-state index contributed by atoms with van der Waals surface area (Å²) >= 11 is 0. The number of aryl methyl sites for hydroxylation is 1. The molecule has 0 amide bonds. The van der Waals surface area contributed by atoms with Gasteiger partial charge in [0.2, 0.25) is 0 Å². The highest BCUT2D eigenvalue weighted by Crippen LogP contribution is 2.27. The summed E-state index contributed by atoms with van der Waals surface area (Å²) in [5, 5.41) is 15.5. The predicted octanol–water partition coefficient (Wildman–Crippen LogP) is 3.64. The summed E-state index contributed by atoms with van der Waals surface area (Å²) < 4.78 is 2.05. The minimum Gasteiger partial charge on any atom is -0.347 e. The maximum absolute atomic E-state index is 11.0. The molecule has 122 valence electrons. The molecule has 2 aromatic rings. The van der Waals surface area contributed by atoms with Crippen molar-refractivity contribution < 1.29 is 14.6 Å². The molecule has 0 saturated heterocycles. The molecular weight excluding hydrogens is 298 g/mol. The van der Waals surface area contributed by atoms with E-state index >= 15 is 0 Å². The fourth-order valence-electron chi connectivity index (χ4n) is 2.38. The SMILES string of the molecule is CCCCn1cc(C(C)=NOC(C)=O)c2cc([N+](=O)[O-])ccc21. The van der Waals surface area contributed by atoms with Crippen LogP contribution >= 0.6 is 0 Å². The summed E-state index contributed by atoms with van der Waals surface area (Å²) in [4.78, 5) is 26.2. The van der Waals surface area contributed by atoms with Crippen LogP contribution in [0.2, 0.25) is 0 Å². The molecule has 0 unspecified atom stereocenters. The van der Waals surface area contributed by atoms with Crippen LogP contribution in [-0.2, 0) is 16.2 Å². The fourth-order valence-corrected chi connectivity index (χ4v) is 2.38. The lowest BCUT2D eigenvalue weighted by atomic mass is 10.1. The monoisotopic (exact) mass is 317 g/mol. The maximum atomic E-state index is 11.0. The topological polar surface area (TPSA) is 86.7 Å². The number of rotatable bonds is 6. The van der Waals surface area contributed by atoms with E-state index in [4.69, 9.17) is 0 Å². The highest BCUT2D eigenvalue weighted by atomic mass is 16.7. The van der Waals surface area contributed by atoms with Crippen LogP contribution in [0.25, 0.3) is 10.9 Å². The lowest BCUT2D eigenvalue weighted by Crippen LogP contribution is -1.99. The van der Waals surface area contributed by atoms with E-state index in [0.29, 0.717) is 5.71 Å². The zero-order valence-corrected chi connectivity index (χ0v) is 13.4. The van der Waals surface area contributed by atoms with Crippen molar-refractivity contribution in [2.75, 3.05) is 0 Å². The Hall–Kier alpha value is -2.70. The van der Waals surface area contributed by atoms with Crippen LogP contribution in [0.3, 0.4) is 0 Å². The van der Waals surface area contributed by atoms with E-state index in [2.05, 4.69) is 16.9 Å². The lowest BCUT2D eigenvalue weighted by Gasteiger charge is -2.03. The molecule has 1 aromatic carbocycles. The Morgan fingerprint density at radius 2 is 2.13 bits per heavy atom. The van der Waals surface area contributed by atoms with Gasteiger partial charge in [0.1, 0.15) is 0 Å². The van der Waals surface area contributed by atoms with Gasteiger partial charge in [-0.3, -0.25) is 10.1 Å². The van der Waals surface area contributed by atoms with Crippen molar-refractivity contribution in [2.24, 2.45) is 5.16 Å². The molecule has 7 heteroatoms. The minimum atomic E-state index is -0.509. The molecule has 0 spiro atoms. The molecule has 0 aliphatic rings. The van der Waals surface area contributed by atoms with E-state index in [0.717, 1.165) is 35.9 Å². The summed E-state index contributed by atoms with van der Waals surface area (Å²) in [6.45, 7) is 5.89. The molecule has 7 nitrogen and oxygen atoms in total. The molecule has 0 bridgehead atoms. The third kappa shape index (κ3) is 3.74. The van der Waals surface area contributed by atoms with E-state index in [1.807, 2.05) is 10.8 Å². The van der Waals surface area contributed by atoms with Gasteiger partial charge in [0.15, 0.2) is 0 Å². The third-order valence-electron chi connectivity index (χ3n) is 3.53. The standard InChI is InChI=1S/C16H19N3O4/c1-4-5-8-18-10-15(11(2)17-23-12(3)20)14-9-13(19(21)22)6-7-16(14)18/h6-7,9-10H,4-5,8H2,1-3H3. The minimum absolute atomic E-state index is 0.0206. The zero-order chi connectivity index (χ0) is 17.0. The maximum Gasteiger partial charge on any atom is 0.331 e. The number of nitrogens with zero attached hydrogens (tertiary/aromatic N) is 3.